The minimum atomic E-state index is -0.373. The highest BCUT2D eigenvalue weighted by Crippen LogP contribution is 2.48. The highest BCUT2D eigenvalue weighted by molar-refractivity contribution is 5.73. The van der Waals surface area contributed by atoms with Crippen LogP contribution in [-0.4, -0.2) is 51.8 Å². The summed E-state index contributed by atoms with van der Waals surface area (Å²) in [5.41, 5.74) is 2.91. The molecule has 152 valence electrons. The summed E-state index contributed by atoms with van der Waals surface area (Å²) in [7, 11) is 4.70. The molecule has 8 heteroatoms. The van der Waals surface area contributed by atoms with Gasteiger partial charge in [-0.3, -0.25) is 4.90 Å². The highest BCUT2D eigenvalue weighted by atomic mass is 16.7. The van der Waals surface area contributed by atoms with Crippen molar-refractivity contribution in [3.8, 4) is 28.7 Å². The number of nitrogens with zero attached hydrogens (tertiary/aromatic N) is 1. The molecule has 0 aliphatic carbocycles. The Balaban J connectivity index is 1.71. The Hall–Kier alpha value is -3.29. The summed E-state index contributed by atoms with van der Waals surface area (Å²) in [6.45, 7) is 0.551. The molecular weight excluding hydrogens is 378 g/mol. The maximum Gasteiger partial charge on any atom is 0.411 e. The van der Waals surface area contributed by atoms with Gasteiger partial charge in [0.2, 0.25) is 12.5 Å². The lowest BCUT2D eigenvalue weighted by atomic mass is 9.85. The smallest absolute Gasteiger partial charge is 0.411 e. The number of hydrogen-bond donors (Lipinski definition) is 0. The molecule has 5 rings (SSSR count). The van der Waals surface area contributed by atoms with Crippen molar-refractivity contribution in [3.63, 3.8) is 0 Å². The third-order valence-corrected chi connectivity index (χ3v) is 5.67. The second kappa shape index (κ2) is 6.65. The maximum atomic E-state index is 12.6. The van der Waals surface area contributed by atoms with E-state index in [1.54, 1.807) is 26.2 Å². The normalized spacial score (nSPS) is 21.3. The Morgan fingerprint density at radius 1 is 0.931 bits per heavy atom. The van der Waals surface area contributed by atoms with Crippen LogP contribution in [0.5, 0.6) is 28.7 Å². The van der Waals surface area contributed by atoms with E-state index >= 15 is 0 Å². The topological polar surface area (TPSA) is 75.7 Å². The van der Waals surface area contributed by atoms with E-state index in [1.165, 1.54) is 0 Å². The van der Waals surface area contributed by atoms with E-state index in [4.69, 9.17) is 28.4 Å². The van der Waals surface area contributed by atoms with Gasteiger partial charge in [0, 0.05) is 0 Å². The van der Waals surface area contributed by atoms with Gasteiger partial charge in [0.15, 0.2) is 23.0 Å². The van der Waals surface area contributed by atoms with Crippen molar-refractivity contribution in [1.29, 1.82) is 0 Å². The first kappa shape index (κ1) is 17.8. The first-order valence-electron chi connectivity index (χ1n) is 9.32. The van der Waals surface area contributed by atoms with Gasteiger partial charge in [-0.15, -0.1) is 0 Å². The van der Waals surface area contributed by atoms with Crippen LogP contribution in [0.3, 0.4) is 0 Å². The first-order chi connectivity index (χ1) is 14.1. The largest absolute Gasteiger partial charge is 0.493 e. The second-order valence-electron chi connectivity index (χ2n) is 7.11. The van der Waals surface area contributed by atoms with E-state index in [-0.39, 0.29) is 25.0 Å². The Kier molecular flexibility index (Phi) is 4.08. The number of rotatable bonds is 4. The number of carbonyl (C=O) groups is 1. The van der Waals surface area contributed by atoms with Gasteiger partial charge in [0.1, 0.15) is 6.61 Å². The molecular formula is C21H21NO7. The Morgan fingerprint density at radius 3 is 2.28 bits per heavy atom. The third kappa shape index (κ3) is 2.62. The van der Waals surface area contributed by atoms with Gasteiger partial charge in [-0.1, -0.05) is 0 Å². The van der Waals surface area contributed by atoms with Crippen LogP contribution in [0, 0.1) is 0 Å². The number of ether oxygens (including phenoxy) is 6. The molecule has 0 unspecified atom stereocenters. The van der Waals surface area contributed by atoms with Crippen LogP contribution in [0.2, 0.25) is 0 Å². The molecule has 0 N–H and O–H groups in total. The van der Waals surface area contributed by atoms with Crippen molar-refractivity contribution >= 4 is 6.09 Å². The number of amides is 1. The average Bonchev–Trinajstić information content (AvgIpc) is 3.35. The molecule has 2 aromatic rings. The molecule has 3 aliphatic rings. The lowest BCUT2D eigenvalue weighted by molar-refractivity contribution is 0.147. The van der Waals surface area contributed by atoms with Crippen molar-refractivity contribution < 1.29 is 33.2 Å². The molecule has 3 aliphatic heterocycles. The summed E-state index contributed by atoms with van der Waals surface area (Å²) in [5.74, 6) is 2.96. The number of cyclic esters (lactones) is 1. The predicted molar refractivity (Wildman–Crippen MR) is 101 cm³/mol. The van der Waals surface area contributed by atoms with Crippen LogP contribution in [-0.2, 0) is 11.2 Å². The summed E-state index contributed by atoms with van der Waals surface area (Å²) in [6, 6.07) is 7.26. The SMILES string of the molecule is COc1cc([C@H]2c3cc4c(cc3C[C@@H]3COC(=O)N32)OCO4)cc(OC)c1OC. The highest BCUT2D eigenvalue weighted by Gasteiger charge is 2.45. The Morgan fingerprint density at radius 2 is 1.62 bits per heavy atom. The number of fused-ring (bicyclic) bond motifs is 3. The molecule has 0 radical (unpaired) electrons. The van der Waals surface area contributed by atoms with E-state index < -0.39 is 0 Å². The van der Waals surface area contributed by atoms with E-state index in [2.05, 4.69) is 0 Å². The molecule has 29 heavy (non-hydrogen) atoms. The van der Waals surface area contributed by atoms with Crippen LogP contribution in [0.1, 0.15) is 22.7 Å². The van der Waals surface area contributed by atoms with Crippen molar-refractivity contribution in [1.82, 2.24) is 4.90 Å². The zero-order chi connectivity index (χ0) is 20.1. The predicted octanol–water partition coefficient (Wildman–Crippen LogP) is 2.91. The van der Waals surface area contributed by atoms with E-state index in [0.717, 1.165) is 22.4 Å². The summed E-state index contributed by atoms with van der Waals surface area (Å²) in [5, 5.41) is 0. The standard InChI is InChI=1S/C21H21NO7/c1-24-17-6-12(7-18(25-2)20(17)26-3)19-14-8-16-15(28-10-29-16)5-11(14)4-13-9-27-21(23)22(13)19/h5-8,13,19H,4,9-10H2,1-3H3/t13-,19+/m1/s1. The summed E-state index contributed by atoms with van der Waals surface area (Å²) < 4.78 is 33.0. The van der Waals surface area contributed by atoms with Crippen molar-refractivity contribution in [3.05, 3.63) is 41.0 Å². The zero-order valence-corrected chi connectivity index (χ0v) is 16.4. The van der Waals surface area contributed by atoms with Gasteiger partial charge in [0.05, 0.1) is 33.4 Å². The van der Waals surface area contributed by atoms with Gasteiger partial charge in [0.25, 0.3) is 0 Å². The van der Waals surface area contributed by atoms with Crippen LogP contribution in [0.4, 0.5) is 4.79 Å². The van der Waals surface area contributed by atoms with Gasteiger partial charge < -0.3 is 28.4 Å². The van der Waals surface area contributed by atoms with Crippen molar-refractivity contribution in [2.75, 3.05) is 34.7 Å². The lowest BCUT2D eigenvalue weighted by Gasteiger charge is -2.37. The van der Waals surface area contributed by atoms with Gasteiger partial charge in [-0.25, -0.2) is 4.79 Å². The lowest BCUT2D eigenvalue weighted by Crippen LogP contribution is -2.42. The molecule has 2 atom stereocenters. The molecule has 0 saturated carbocycles. The molecule has 1 amide bonds. The van der Waals surface area contributed by atoms with E-state index in [1.807, 2.05) is 24.3 Å². The molecule has 0 aromatic heterocycles. The molecule has 8 nitrogen and oxygen atoms in total. The molecule has 1 saturated heterocycles. The molecule has 2 aromatic carbocycles. The van der Waals surface area contributed by atoms with Gasteiger partial charge in [-0.2, -0.15) is 0 Å². The minimum absolute atomic E-state index is 0.0561. The fraction of sp³-hybridized carbons (Fsp3) is 0.381. The Bertz CT molecular complexity index is 964. The minimum Gasteiger partial charge on any atom is -0.493 e. The van der Waals surface area contributed by atoms with Gasteiger partial charge >= 0.3 is 6.09 Å². The van der Waals surface area contributed by atoms with E-state index in [9.17, 15) is 4.79 Å². The average molecular weight is 399 g/mol. The fourth-order valence-corrected chi connectivity index (χ4v) is 4.38. The summed E-state index contributed by atoms with van der Waals surface area (Å²) >= 11 is 0. The van der Waals surface area contributed by atoms with Gasteiger partial charge in [-0.05, 0) is 47.4 Å². The first-order valence-corrected chi connectivity index (χ1v) is 9.32. The molecule has 0 spiro atoms. The number of benzene rings is 2. The Labute approximate surface area is 167 Å². The monoisotopic (exact) mass is 399 g/mol. The maximum absolute atomic E-state index is 12.6. The van der Waals surface area contributed by atoms with E-state index in [0.29, 0.717) is 36.0 Å². The van der Waals surface area contributed by atoms with Crippen LogP contribution < -0.4 is 23.7 Å². The second-order valence-corrected chi connectivity index (χ2v) is 7.11. The number of hydrogen-bond acceptors (Lipinski definition) is 7. The third-order valence-electron chi connectivity index (χ3n) is 5.67. The summed E-state index contributed by atoms with van der Waals surface area (Å²) in [4.78, 5) is 14.4. The zero-order valence-electron chi connectivity index (χ0n) is 16.4. The quantitative estimate of drug-likeness (QED) is 0.782. The molecule has 0 bridgehead atoms. The number of methoxy groups -OCH3 is 3. The molecule has 3 heterocycles. The molecule has 1 fully saturated rings. The van der Waals surface area contributed by atoms with Crippen LogP contribution in [0.15, 0.2) is 24.3 Å². The number of carbonyl (C=O) groups excluding carboxylic acids is 1. The van der Waals surface area contributed by atoms with Crippen LogP contribution in [0.25, 0.3) is 0 Å². The summed E-state index contributed by atoms with van der Waals surface area (Å²) in [6.07, 6.45) is 0.357. The van der Waals surface area contributed by atoms with Crippen molar-refractivity contribution in [2.24, 2.45) is 0 Å². The van der Waals surface area contributed by atoms with Crippen molar-refractivity contribution in [2.45, 2.75) is 18.5 Å². The fourth-order valence-electron chi connectivity index (χ4n) is 4.38. The van der Waals surface area contributed by atoms with Crippen LogP contribution >= 0.6 is 0 Å².